The van der Waals surface area contributed by atoms with E-state index >= 15 is 0 Å². The van der Waals surface area contributed by atoms with E-state index < -0.39 is 0 Å². The van der Waals surface area contributed by atoms with Gasteiger partial charge in [0, 0.05) is 60.2 Å². The topological polar surface area (TPSA) is 56.2 Å². The first-order valence-corrected chi connectivity index (χ1v) is 13.0. The van der Waals surface area contributed by atoms with Crippen LogP contribution < -0.4 is 4.90 Å². The third-order valence-corrected chi connectivity index (χ3v) is 7.06. The van der Waals surface area contributed by atoms with Crippen LogP contribution in [0.3, 0.4) is 0 Å². The number of aromatic amines is 1. The first kappa shape index (κ1) is 24.1. The number of nitrogens with zero attached hydrogens (tertiary/aromatic N) is 4. The molecule has 1 aromatic heterocycles. The summed E-state index contributed by atoms with van der Waals surface area (Å²) in [6.45, 7) is 9.78. The summed E-state index contributed by atoms with van der Waals surface area (Å²) >= 11 is 0. The number of aromatic nitrogens is 1. The lowest BCUT2D eigenvalue weighted by molar-refractivity contribution is 0.0548. The number of nitrogens with one attached hydrogen (secondary N) is 1. The zero-order valence-corrected chi connectivity index (χ0v) is 21.3. The number of hydrogen-bond donors (Lipinski definition) is 1. The molecule has 0 spiro atoms. The van der Waals surface area contributed by atoms with Crippen molar-refractivity contribution in [3.05, 3.63) is 82.7 Å². The fraction of sp³-hybridized carbons (Fsp3) is 0.333. The van der Waals surface area contributed by atoms with Gasteiger partial charge in [0.2, 0.25) is 0 Å². The van der Waals surface area contributed by atoms with Gasteiger partial charge in [-0.05, 0) is 67.7 Å². The zero-order chi connectivity index (χ0) is 24.7. The van der Waals surface area contributed by atoms with Crippen LogP contribution in [0.1, 0.15) is 37.8 Å². The molecular weight excluding hydrogens is 446 g/mol. The molecule has 0 unspecified atom stereocenters. The lowest BCUT2D eigenvalue weighted by Gasteiger charge is -2.31. The fourth-order valence-corrected chi connectivity index (χ4v) is 5.14. The van der Waals surface area contributed by atoms with Crippen molar-refractivity contribution in [2.45, 2.75) is 26.7 Å². The molecule has 6 heteroatoms. The molecule has 2 aromatic carbocycles. The minimum atomic E-state index is 0.762. The van der Waals surface area contributed by atoms with Gasteiger partial charge in [-0.15, -0.1) is 0 Å². The smallest absolute Gasteiger partial charge is 0.0642 e. The number of allylic oxidation sites excluding steroid dienone is 2. The van der Waals surface area contributed by atoms with Crippen LogP contribution in [0.2, 0.25) is 0 Å². The van der Waals surface area contributed by atoms with E-state index in [0.717, 1.165) is 68.7 Å². The Labute approximate surface area is 213 Å². The van der Waals surface area contributed by atoms with Gasteiger partial charge in [-0.3, -0.25) is 0 Å². The van der Waals surface area contributed by atoms with Crippen LogP contribution in [0, 0.1) is 0 Å². The Bertz CT molecular complexity index is 1290. The Morgan fingerprint density at radius 1 is 0.944 bits per heavy atom. The summed E-state index contributed by atoms with van der Waals surface area (Å²) in [4.78, 5) is 8.11. The molecule has 2 aliphatic rings. The molecule has 0 amide bonds. The highest BCUT2D eigenvalue weighted by Gasteiger charge is 2.25. The molecule has 0 radical (unpaired) electrons. The van der Waals surface area contributed by atoms with E-state index in [1.54, 1.807) is 0 Å². The Morgan fingerprint density at radius 2 is 1.69 bits per heavy atom. The zero-order valence-electron chi connectivity index (χ0n) is 21.3. The highest BCUT2D eigenvalue weighted by atomic mass is 16.5. The predicted octanol–water partition coefficient (Wildman–Crippen LogP) is 5.88. The molecule has 36 heavy (non-hydrogen) atoms. The van der Waals surface area contributed by atoms with Gasteiger partial charge in [0.25, 0.3) is 0 Å². The van der Waals surface area contributed by atoms with Gasteiger partial charge < -0.3 is 19.5 Å². The molecule has 0 saturated carbocycles. The summed E-state index contributed by atoms with van der Waals surface area (Å²) in [6.07, 6.45) is 10.1. The molecule has 186 valence electrons. The summed E-state index contributed by atoms with van der Waals surface area (Å²) < 4.78 is 5.63. The number of fused-ring (bicyclic) bond motifs is 1. The highest BCUT2D eigenvalue weighted by molar-refractivity contribution is 5.99. The third kappa shape index (κ3) is 5.29. The normalized spacial score (nSPS) is 17.9. The van der Waals surface area contributed by atoms with Gasteiger partial charge in [0.15, 0.2) is 0 Å². The van der Waals surface area contributed by atoms with Crippen LogP contribution in [0.25, 0.3) is 17.0 Å². The van der Waals surface area contributed by atoms with E-state index in [1.165, 1.54) is 28.1 Å². The number of benzene rings is 2. The van der Waals surface area contributed by atoms with Gasteiger partial charge in [-0.1, -0.05) is 30.3 Å². The number of hydrogen-bond acceptors (Lipinski definition) is 5. The van der Waals surface area contributed by atoms with Crippen molar-refractivity contribution >= 4 is 35.1 Å². The van der Waals surface area contributed by atoms with E-state index in [4.69, 9.17) is 4.74 Å². The molecule has 2 heterocycles. The number of rotatable bonds is 8. The third-order valence-electron chi connectivity index (χ3n) is 7.06. The summed E-state index contributed by atoms with van der Waals surface area (Å²) in [6, 6.07) is 17.2. The molecule has 1 N–H and O–H groups in total. The van der Waals surface area contributed by atoms with E-state index in [1.807, 2.05) is 30.8 Å². The van der Waals surface area contributed by atoms with E-state index in [0.29, 0.717) is 0 Å². The van der Waals surface area contributed by atoms with E-state index in [9.17, 15) is 0 Å². The summed E-state index contributed by atoms with van der Waals surface area (Å²) in [5.74, 6) is 0. The average molecular weight is 482 g/mol. The molecule has 0 atom stereocenters. The second-order valence-electron chi connectivity index (χ2n) is 9.19. The van der Waals surface area contributed by atoms with Crippen LogP contribution in [-0.2, 0) is 4.74 Å². The maximum Gasteiger partial charge on any atom is 0.0642 e. The molecule has 1 fully saturated rings. The minimum absolute atomic E-state index is 0.762. The first-order valence-electron chi connectivity index (χ1n) is 13.0. The number of H-pyrrole nitrogens is 1. The van der Waals surface area contributed by atoms with Crippen molar-refractivity contribution in [1.29, 1.82) is 0 Å². The molecule has 1 aliphatic heterocycles. The number of para-hydroxylation sites is 1. The SMILES string of the molecule is CCN(CC)c1ccc(/C=C2\CCC(/C=N\N=C\c3c[nH]c4ccccc34)=C2N2CCOCC2)cc1. The quantitative estimate of drug-likeness (QED) is 0.323. The summed E-state index contributed by atoms with van der Waals surface area (Å²) in [5.41, 5.74) is 8.59. The van der Waals surface area contributed by atoms with E-state index in [2.05, 4.69) is 81.3 Å². The minimum Gasteiger partial charge on any atom is -0.378 e. The Kier molecular flexibility index (Phi) is 7.62. The largest absolute Gasteiger partial charge is 0.378 e. The predicted molar refractivity (Wildman–Crippen MR) is 151 cm³/mol. The lowest BCUT2D eigenvalue weighted by Crippen LogP contribution is -2.36. The van der Waals surface area contributed by atoms with Crippen LogP contribution in [0.5, 0.6) is 0 Å². The second kappa shape index (κ2) is 11.4. The molecule has 3 aromatic rings. The molecule has 6 nitrogen and oxygen atoms in total. The van der Waals surface area contributed by atoms with Gasteiger partial charge in [-0.2, -0.15) is 10.2 Å². The Hall–Kier alpha value is -3.64. The number of ether oxygens (including phenoxy) is 1. The Morgan fingerprint density at radius 3 is 2.47 bits per heavy atom. The van der Waals surface area contributed by atoms with Crippen molar-refractivity contribution in [3.63, 3.8) is 0 Å². The Balaban J connectivity index is 1.39. The molecule has 5 rings (SSSR count). The van der Waals surface area contributed by atoms with Gasteiger partial charge in [-0.25, -0.2) is 0 Å². The molecule has 1 aliphatic carbocycles. The van der Waals surface area contributed by atoms with Crippen LogP contribution in [0.4, 0.5) is 5.69 Å². The maximum absolute atomic E-state index is 5.63. The van der Waals surface area contributed by atoms with Crippen LogP contribution in [-0.4, -0.2) is 61.7 Å². The number of morpholine rings is 1. The second-order valence-corrected chi connectivity index (χ2v) is 9.19. The molecule has 1 saturated heterocycles. The highest BCUT2D eigenvalue weighted by Crippen LogP contribution is 2.35. The monoisotopic (exact) mass is 481 g/mol. The molecule has 0 bridgehead atoms. The lowest BCUT2D eigenvalue weighted by atomic mass is 10.1. The van der Waals surface area contributed by atoms with E-state index in [-0.39, 0.29) is 0 Å². The van der Waals surface area contributed by atoms with Crippen LogP contribution >= 0.6 is 0 Å². The van der Waals surface area contributed by atoms with Gasteiger partial charge in [0.05, 0.1) is 25.6 Å². The van der Waals surface area contributed by atoms with Crippen molar-refractivity contribution in [3.8, 4) is 0 Å². The van der Waals surface area contributed by atoms with Gasteiger partial charge in [0.1, 0.15) is 0 Å². The average Bonchev–Trinajstić information content (AvgIpc) is 3.52. The fourth-order valence-electron chi connectivity index (χ4n) is 5.14. The molecular formula is C30H35N5O. The van der Waals surface area contributed by atoms with Crippen LogP contribution in [0.15, 0.2) is 81.8 Å². The van der Waals surface area contributed by atoms with Crippen molar-refractivity contribution in [2.24, 2.45) is 10.2 Å². The standard InChI is InChI=1S/C30H35N5O/c1-3-34(4-2)27-13-9-23(10-14-27)19-24-11-12-25(30(24)35-15-17-36-18-16-35)21-32-33-22-26-20-31-29-8-6-5-7-28(26)29/h5-10,13-14,19-22,31H,3-4,11-12,15-18H2,1-2H3/b24-19+,32-21-,33-22+. The summed E-state index contributed by atoms with van der Waals surface area (Å²) in [7, 11) is 0. The maximum atomic E-state index is 5.63. The van der Waals surface area contributed by atoms with Crippen molar-refractivity contribution in [2.75, 3.05) is 44.3 Å². The van der Waals surface area contributed by atoms with Gasteiger partial charge >= 0.3 is 0 Å². The summed E-state index contributed by atoms with van der Waals surface area (Å²) in [5, 5.41) is 9.99. The first-order chi connectivity index (χ1) is 17.8. The van der Waals surface area contributed by atoms with Crippen molar-refractivity contribution in [1.82, 2.24) is 9.88 Å². The van der Waals surface area contributed by atoms with Crippen molar-refractivity contribution < 1.29 is 4.74 Å². The number of anilines is 1.